The van der Waals surface area contributed by atoms with Gasteiger partial charge in [0.15, 0.2) is 0 Å². The number of carboxylic acid groups (broad SMARTS) is 1. The van der Waals surface area contributed by atoms with Gasteiger partial charge in [0.1, 0.15) is 6.04 Å². The number of nitrogens with zero attached hydrogens (tertiary/aromatic N) is 1. The minimum Gasteiger partial charge on any atom is -0.480 e. The highest BCUT2D eigenvalue weighted by Gasteiger charge is 2.34. The van der Waals surface area contributed by atoms with Crippen LogP contribution in [-0.4, -0.2) is 48.3 Å². The molecule has 0 radical (unpaired) electrons. The second kappa shape index (κ2) is 4.58. The Bertz CT molecular complexity index is 184. The third-order valence-electron chi connectivity index (χ3n) is 2.35. The van der Waals surface area contributed by atoms with Crippen LogP contribution in [0.4, 0.5) is 0 Å². The van der Waals surface area contributed by atoms with E-state index in [0.717, 1.165) is 19.6 Å². The standard InChI is InChI=1S/C9H17NO3/c1-3-4-13-7-5-8(9(11)12)10(2)6-7/h7-8H,3-6H2,1-2H3,(H,11,12)/t7-,8-/m0/s1. The number of carboxylic acids is 1. The quantitative estimate of drug-likeness (QED) is 0.699. The van der Waals surface area contributed by atoms with Crippen molar-refractivity contribution in [1.29, 1.82) is 0 Å². The van der Waals surface area contributed by atoms with Crippen molar-refractivity contribution in [3.8, 4) is 0 Å². The number of likely N-dealkylation sites (N-methyl/N-ethyl adjacent to an activating group) is 1. The minimum atomic E-state index is -0.745. The molecular weight excluding hydrogens is 170 g/mol. The van der Waals surface area contributed by atoms with Gasteiger partial charge in [-0.15, -0.1) is 0 Å². The van der Waals surface area contributed by atoms with E-state index in [1.807, 2.05) is 18.9 Å². The molecule has 2 atom stereocenters. The Labute approximate surface area is 78.5 Å². The Balaban J connectivity index is 2.36. The predicted molar refractivity (Wildman–Crippen MR) is 48.7 cm³/mol. The van der Waals surface area contributed by atoms with Crippen LogP contribution in [0.25, 0.3) is 0 Å². The fourth-order valence-corrected chi connectivity index (χ4v) is 1.65. The van der Waals surface area contributed by atoms with Crippen molar-refractivity contribution >= 4 is 5.97 Å². The van der Waals surface area contributed by atoms with Gasteiger partial charge in [-0.05, 0) is 13.5 Å². The first-order valence-electron chi connectivity index (χ1n) is 4.69. The molecule has 76 valence electrons. The van der Waals surface area contributed by atoms with Crippen molar-refractivity contribution in [2.75, 3.05) is 20.2 Å². The third kappa shape index (κ3) is 2.67. The lowest BCUT2D eigenvalue weighted by Gasteiger charge is -2.13. The van der Waals surface area contributed by atoms with Gasteiger partial charge in [-0.1, -0.05) is 6.92 Å². The zero-order valence-electron chi connectivity index (χ0n) is 8.19. The lowest BCUT2D eigenvalue weighted by molar-refractivity contribution is -0.141. The maximum absolute atomic E-state index is 10.7. The Morgan fingerprint density at radius 1 is 1.69 bits per heavy atom. The Morgan fingerprint density at radius 3 is 2.85 bits per heavy atom. The van der Waals surface area contributed by atoms with Crippen LogP contribution < -0.4 is 0 Å². The summed E-state index contributed by atoms with van der Waals surface area (Å²) in [5, 5.41) is 8.83. The summed E-state index contributed by atoms with van der Waals surface area (Å²) >= 11 is 0. The second-order valence-electron chi connectivity index (χ2n) is 3.52. The highest BCUT2D eigenvalue weighted by molar-refractivity contribution is 5.73. The highest BCUT2D eigenvalue weighted by Crippen LogP contribution is 2.18. The van der Waals surface area contributed by atoms with Crippen LogP contribution in [0.5, 0.6) is 0 Å². The summed E-state index contributed by atoms with van der Waals surface area (Å²) in [6.07, 6.45) is 1.70. The van der Waals surface area contributed by atoms with Crippen LogP contribution in [0.3, 0.4) is 0 Å². The average molecular weight is 187 g/mol. The summed E-state index contributed by atoms with van der Waals surface area (Å²) in [4.78, 5) is 12.6. The van der Waals surface area contributed by atoms with Crippen LogP contribution in [0.1, 0.15) is 19.8 Å². The van der Waals surface area contributed by atoms with Gasteiger partial charge in [0, 0.05) is 19.6 Å². The lowest BCUT2D eigenvalue weighted by Crippen LogP contribution is -2.32. The van der Waals surface area contributed by atoms with Gasteiger partial charge >= 0.3 is 5.97 Å². The van der Waals surface area contributed by atoms with Gasteiger partial charge in [-0.2, -0.15) is 0 Å². The number of aliphatic carboxylic acids is 1. The number of likely N-dealkylation sites (tertiary alicyclic amines) is 1. The van der Waals surface area contributed by atoms with Gasteiger partial charge in [-0.3, -0.25) is 9.69 Å². The monoisotopic (exact) mass is 187 g/mol. The molecule has 0 unspecified atom stereocenters. The van der Waals surface area contributed by atoms with E-state index in [9.17, 15) is 4.79 Å². The molecule has 1 rings (SSSR count). The van der Waals surface area contributed by atoms with Crippen molar-refractivity contribution in [2.24, 2.45) is 0 Å². The van der Waals surface area contributed by atoms with Gasteiger partial charge in [0.2, 0.25) is 0 Å². The molecule has 1 saturated heterocycles. The largest absolute Gasteiger partial charge is 0.480 e. The predicted octanol–water partition coefficient (Wildman–Crippen LogP) is 0.570. The molecule has 4 nitrogen and oxygen atoms in total. The molecule has 0 bridgehead atoms. The third-order valence-corrected chi connectivity index (χ3v) is 2.35. The molecule has 1 heterocycles. The fraction of sp³-hybridized carbons (Fsp3) is 0.889. The van der Waals surface area contributed by atoms with E-state index in [0.29, 0.717) is 6.42 Å². The van der Waals surface area contributed by atoms with Crippen molar-refractivity contribution in [1.82, 2.24) is 4.90 Å². The first-order chi connectivity index (χ1) is 6.15. The van der Waals surface area contributed by atoms with E-state index in [-0.39, 0.29) is 12.1 Å². The summed E-state index contributed by atoms with van der Waals surface area (Å²) in [6.45, 7) is 3.51. The molecule has 0 aliphatic carbocycles. The summed E-state index contributed by atoms with van der Waals surface area (Å²) < 4.78 is 5.50. The van der Waals surface area contributed by atoms with Crippen LogP contribution >= 0.6 is 0 Å². The molecule has 1 aliphatic heterocycles. The molecule has 4 heteroatoms. The maximum atomic E-state index is 10.7. The van der Waals surface area contributed by atoms with Crippen molar-refractivity contribution < 1.29 is 14.6 Å². The molecule has 0 aromatic heterocycles. The number of rotatable bonds is 4. The molecule has 0 aromatic rings. The fourth-order valence-electron chi connectivity index (χ4n) is 1.65. The maximum Gasteiger partial charge on any atom is 0.321 e. The molecule has 1 fully saturated rings. The highest BCUT2D eigenvalue weighted by atomic mass is 16.5. The summed E-state index contributed by atoms with van der Waals surface area (Å²) in [5.74, 6) is -0.745. The van der Waals surface area contributed by atoms with E-state index in [1.54, 1.807) is 0 Å². The Hall–Kier alpha value is -0.610. The molecule has 0 aromatic carbocycles. The summed E-state index contributed by atoms with van der Waals surface area (Å²) in [7, 11) is 1.83. The van der Waals surface area contributed by atoms with Gasteiger partial charge in [0.05, 0.1) is 6.10 Å². The Morgan fingerprint density at radius 2 is 2.38 bits per heavy atom. The van der Waals surface area contributed by atoms with Gasteiger partial charge < -0.3 is 9.84 Å². The average Bonchev–Trinajstić information content (AvgIpc) is 2.43. The smallest absolute Gasteiger partial charge is 0.321 e. The van der Waals surface area contributed by atoms with Crippen LogP contribution in [0, 0.1) is 0 Å². The van der Waals surface area contributed by atoms with Crippen molar-refractivity contribution in [2.45, 2.75) is 31.9 Å². The normalized spacial score (nSPS) is 29.4. The van der Waals surface area contributed by atoms with Crippen LogP contribution in [0.2, 0.25) is 0 Å². The molecule has 1 aliphatic rings. The van der Waals surface area contributed by atoms with Crippen molar-refractivity contribution in [3.63, 3.8) is 0 Å². The van der Waals surface area contributed by atoms with E-state index < -0.39 is 5.97 Å². The van der Waals surface area contributed by atoms with Crippen LogP contribution in [0.15, 0.2) is 0 Å². The van der Waals surface area contributed by atoms with E-state index in [4.69, 9.17) is 9.84 Å². The zero-order valence-corrected chi connectivity index (χ0v) is 8.19. The van der Waals surface area contributed by atoms with Gasteiger partial charge in [-0.25, -0.2) is 0 Å². The molecular formula is C9H17NO3. The number of hydrogen-bond donors (Lipinski definition) is 1. The van der Waals surface area contributed by atoms with E-state index in [2.05, 4.69) is 0 Å². The number of ether oxygens (including phenoxy) is 1. The zero-order chi connectivity index (χ0) is 9.84. The SMILES string of the molecule is CCCO[C@H]1C[C@@H](C(=O)O)N(C)C1. The van der Waals surface area contributed by atoms with Gasteiger partial charge in [0.25, 0.3) is 0 Å². The van der Waals surface area contributed by atoms with Crippen LogP contribution in [-0.2, 0) is 9.53 Å². The molecule has 0 spiro atoms. The van der Waals surface area contributed by atoms with E-state index in [1.165, 1.54) is 0 Å². The molecule has 13 heavy (non-hydrogen) atoms. The second-order valence-corrected chi connectivity index (χ2v) is 3.52. The van der Waals surface area contributed by atoms with E-state index >= 15 is 0 Å². The lowest BCUT2D eigenvalue weighted by atomic mass is 10.2. The van der Waals surface area contributed by atoms with Crippen molar-refractivity contribution in [3.05, 3.63) is 0 Å². The Kier molecular flexibility index (Phi) is 3.69. The summed E-state index contributed by atoms with van der Waals surface area (Å²) in [5.41, 5.74) is 0. The topological polar surface area (TPSA) is 49.8 Å². The first kappa shape index (κ1) is 10.5. The number of carbonyl (C=O) groups is 1. The molecule has 1 N–H and O–H groups in total. The first-order valence-corrected chi connectivity index (χ1v) is 4.69. The number of hydrogen-bond acceptors (Lipinski definition) is 3. The molecule has 0 saturated carbocycles. The molecule has 0 amide bonds. The summed E-state index contributed by atoms with van der Waals surface area (Å²) in [6, 6.07) is -0.359. The minimum absolute atomic E-state index is 0.103.